The van der Waals surface area contributed by atoms with Crippen LogP contribution in [0.1, 0.15) is 43.4 Å². The van der Waals surface area contributed by atoms with Gasteiger partial charge in [0.25, 0.3) is 0 Å². The van der Waals surface area contributed by atoms with E-state index in [2.05, 4.69) is 74.2 Å². The maximum Gasteiger partial charge on any atom is 0.0999 e. The third kappa shape index (κ3) is 4.43. The molecule has 1 saturated heterocycles. The van der Waals surface area contributed by atoms with Crippen LogP contribution in [0.3, 0.4) is 0 Å². The number of rotatable bonds is 7. The highest BCUT2D eigenvalue weighted by Crippen LogP contribution is 2.43. The van der Waals surface area contributed by atoms with Gasteiger partial charge in [-0.05, 0) is 29.0 Å². The molecule has 3 nitrogen and oxygen atoms in total. The number of morpholine rings is 1. The van der Waals surface area contributed by atoms with Crippen LogP contribution in [-0.4, -0.2) is 42.9 Å². The Morgan fingerprint density at radius 2 is 1.63 bits per heavy atom. The summed E-state index contributed by atoms with van der Waals surface area (Å²) < 4.78 is 5.53. The first-order valence-electron chi connectivity index (χ1n) is 10.2. The second kappa shape index (κ2) is 9.01. The number of nitrogens with zero attached hydrogens (tertiary/aromatic N) is 1. The lowest BCUT2D eigenvalue weighted by Crippen LogP contribution is -2.47. The average Bonchev–Trinajstić information content (AvgIpc) is 2.73. The molecule has 1 aliphatic rings. The van der Waals surface area contributed by atoms with Crippen LogP contribution in [0.4, 0.5) is 0 Å². The predicted molar refractivity (Wildman–Crippen MR) is 111 cm³/mol. The van der Waals surface area contributed by atoms with E-state index in [-0.39, 0.29) is 11.8 Å². The molecule has 1 fully saturated rings. The molecular formula is C24H33NO2. The molecule has 3 heteroatoms. The Labute approximate surface area is 164 Å². The molecule has 2 aromatic carbocycles. The van der Waals surface area contributed by atoms with Gasteiger partial charge in [-0.3, -0.25) is 4.90 Å². The highest BCUT2D eigenvalue weighted by atomic mass is 16.5. The largest absolute Gasteiger partial charge is 0.384 e. The number of hydrogen-bond acceptors (Lipinski definition) is 3. The molecule has 0 aliphatic carbocycles. The van der Waals surface area contributed by atoms with E-state index in [1.165, 1.54) is 11.1 Å². The molecule has 0 amide bonds. The fourth-order valence-corrected chi connectivity index (χ4v) is 4.17. The second-order valence-corrected chi connectivity index (χ2v) is 7.91. The molecule has 0 bridgehead atoms. The molecule has 2 aromatic rings. The van der Waals surface area contributed by atoms with Crippen LogP contribution in [-0.2, 0) is 16.8 Å². The normalized spacial score (nSPS) is 19.0. The van der Waals surface area contributed by atoms with Crippen LogP contribution in [0.25, 0.3) is 0 Å². The van der Waals surface area contributed by atoms with Gasteiger partial charge in [-0.15, -0.1) is 0 Å². The van der Waals surface area contributed by atoms with E-state index in [1.807, 2.05) is 6.07 Å². The Balaban J connectivity index is 2.01. The SMILES string of the molecule is CCc1ccc(C(O)(C(C)C)C(CN2CCOCC2)c2ccccc2)cc1. The number of aliphatic hydroxyl groups is 1. The first-order valence-corrected chi connectivity index (χ1v) is 10.2. The Hall–Kier alpha value is -1.68. The van der Waals surface area contributed by atoms with Gasteiger partial charge in [-0.25, -0.2) is 0 Å². The molecule has 1 aliphatic heterocycles. The zero-order chi connectivity index (χ0) is 19.3. The molecule has 2 unspecified atom stereocenters. The van der Waals surface area contributed by atoms with Gasteiger partial charge in [0.1, 0.15) is 0 Å². The lowest BCUT2D eigenvalue weighted by molar-refractivity contribution is -0.0547. The molecule has 0 spiro atoms. The summed E-state index contributed by atoms with van der Waals surface area (Å²) in [5.74, 6) is 0.0977. The Kier molecular flexibility index (Phi) is 6.69. The van der Waals surface area contributed by atoms with E-state index in [9.17, 15) is 5.11 Å². The van der Waals surface area contributed by atoms with Crippen molar-refractivity contribution in [2.24, 2.45) is 5.92 Å². The summed E-state index contributed by atoms with van der Waals surface area (Å²) in [6.07, 6.45) is 1.01. The second-order valence-electron chi connectivity index (χ2n) is 7.91. The molecule has 3 rings (SSSR count). The predicted octanol–water partition coefficient (Wildman–Crippen LogP) is 4.21. The average molecular weight is 368 g/mol. The van der Waals surface area contributed by atoms with Crippen molar-refractivity contribution in [2.45, 2.75) is 38.7 Å². The highest BCUT2D eigenvalue weighted by molar-refractivity contribution is 5.34. The van der Waals surface area contributed by atoms with Gasteiger partial charge in [0.05, 0.1) is 18.8 Å². The van der Waals surface area contributed by atoms with Gasteiger partial charge in [-0.1, -0.05) is 75.4 Å². The minimum Gasteiger partial charge on any atom is -0.384 e. The van der Waals surface area contributed by atoms with Crippen molar-refractivity contribution in [3.63, 3.8) is 0 Å². The molecule has 0 aromatic heterocycles. The first kappa shape index (κ1) is 20.1. The fourth-order valence-electron chi connectivity index (χ4n) is 4.17. The quantitative estimate of drug-likeness (QED) is 0.796. The van der Waals surface area contributed by atoms with E-state index in [0.717, 1.165) is 44.8 Å². The van der Waals surface area contributed by atoms with Crippen LogP contribution >= 0.6 is 0 Å². The van der Waals surface area contributed by atoms with Crippen molar-refractivity contribution in [1.29, 1.82) is 0 Å². The number of ether oxygens (including phenoxy) is 1. The third-order valence-corrected chi connectivity index (χ3v) is 5.98. The lowest BCUT2D eigenvalue weighted by Gasteiger charge is -2.43. The molecule has 27 heavy (non-hydrogen) atoms. The van der Waals surface area contributed by atoms with Gasteiger partial charge in [0, 0.05) is 25.6 Å². The third-order valence-electron chi connectivity index (χ3n) is 5.98. The summed E-state index contributed by atoms with van der Waals surface area (Å²) in [5.41, 5.74) is 2.58. The summed E-state index contributed by atoms with van der Waals surface area (Å²) in [5, 5.41) is 12.1. The fraction of sp³-hybridized carbons (Fsp3) is 0.500. The van der Waals surface area contributed by atoms with Crippen LogP contribution < -0.4 is 0 Å². The van der Waals surface area contributed by atoms with E-state index in [1.54, 1.807) is 0 Å². The van der Waals surface area contributed by atoms with E-state index in [0.29, 0.717) is 0 Å². The topological polar surface area (TPSA) is 32.7 Å². The standard InChI is InChI=1S/C24H33NO2/c1-4-20-10-12-22(13-11-20)24(26,19(2)3)23(21-8-6-5-7-9-21)18-25-14-16-27-17-15-25/h5-13,19,23,26H,4,14-18H2,1-3H3. The van der Waals surface area contributed by atoms with Gasteiger partial charge in [0.15, 0.2) is 0 Å². The summed E-state index contributed by atoms with van der Waals surface area (Å²) in [6, 6.07) is 19.0. The van der Waals surface area contributed by atoms with Crippen LogP contribution in [0.2, 0.25) is 0 Å². The number of aryl methyl sites for hydroxylation is 1. The smallest absolute Gasteiger partial charge is 0.0999 e. The minimum absolute atomic E-state index is 0.00396. The summed E-state index contributed by atoms with van der Waals surface area (Å²) in [7, 11) is 0. The van der Waals surface area contributed by atoms with Crippen molar-refractivity contribution in [1.82, 2.24) is 4.90 Å². The maximum atomic E-state index is 12.1. The monoisotopic (exact) mass is 367 g/mol. The minimum atomic E-state index is -0.925. The first-order chi connectivity index (χ1) is 13.1. The molecule has 1 N–H and O–H groups in total. The summed E-state index contributed by atoms with van der Waals surface area (Å²) in [4.78, 5) is 2.43. The molecule has 146 valence electrons. The van der Waals surface area contributed by atoms with Gasteiger partial charge < -0.3 is 9.84 Å². The van der Waals surface area contributed by atoms with E-state index >= 15 is 0 Å². The molecule has 0 saturated carbocycles. The van der Waals surface area contributed by atoms with Crippen molar-refractivity contribution in [2.75, 3.05) is 32.8 Å². The highest BCUT2D eigenvalue weighted by Gasteiger charge is 2.43. The van der Waals surface area contributed by atoms with Crippen molar-refractivity contribution < 1.29 is 9.84 Å². The molecular weight excluding hydrogens is 334 g/mol. The van der Waals surface area contributed by atoms with Gasteiger partial charge in [0.2, 0.25) is 0 Å². The zero-order valence-electron chi connectivity index (χ0n) is 16.9. The van der Waals surface area contributed by atoms with E-state index in [4.69, 9.17) is 4.74 Å². The Bertz CT molecular complexity index is 692. The number of hydrogen-bond donors (Lipinski definition) is 1. The van der Waals surface area contributed by atoms with Crippen molar-refractivity contribution in [3.05, 3.63) is 71.3 Å². The lowest BCUT2D eigenvalue weighted by atomic mass is 9.70. The van der Waals surface area contributed by atoms with Crippen molar-refractivity contribution in [3.8, 4) is 0 Å². The Morgan fingerprint density at radius 3 is 2.19 bits per heavy atom. The van der Waals surface area contributed by atoms with Crippen molar-refractivity contribution >= 4 is 0 Å². The molecule has 1 heterocycles. The van der Waals surface area contributed by atoms with Crippen LogP contribution in [0.5, 0.6) is 0 Å². The number of benzene rings is 2. The zero-order valence-corrected chi connectivity index (χ0v) is 16.9. The van der Waals surface area contributed by atoms with Gasteiger partial charge >= 0.3 is 0 Å². The van der Waals surface area contributed by atoms with Crippen LogP contribution in [0.15, 0.2) is 54.6 Å². The van der Waals surface area contributed by atoms with E-state index < -0.39 is 5.60 Å². The van der Waals surface area contributed by atoms with Crippen LogP contribution in [0, 0.1) is 5.92 Å². The summed E-state index contributed by atoms with van der Waals surface area (Å²) >= 11 is 0. The molecule has 2 atom stereocenters. The van der Waals surface area contributed by atoms with Gasteiger partial charge in [-0.2, -0.15) is 0 Å². The maximum absolute atomic E-state index is 12.1. The summed E-state index contributed by atoms with van der Waals surface area (Å²) in [6.45, 7) is 10.6. The molecule has 0 radical (unpaired) electrons. The Morgan fingerprint density at radius 1 is 1.00 bits per heavy atom.